The number of amides is 2. The van der Waals surface area contributed by atoms with Crippen LogP contribution in [-0.4, -0.2) is 54.5 Å². The Morgan fingerprint density at radius 1 is 1.10 bits per heavy atom. The molecule has 0 saturated carbocycles. The highest BCUT2D eigenvalue weighted by Crippen LogP contribution is 2.35. The quantitative estimate of drug-likeness (QED) is 0.289. The van der Waals surface area contributed by atoms with E-state index in [4.69, 9.17) is 27.6 Å². The van der Waals surface area contributed by atoms with Crippen LogP contribution in [0.1, 0.15) is 44.3 Å². The zero-order valence-electron chi connectivity index (χ0n) is 22.6. The van der Waals surface area contributed by atoms with Crippen LogP contribution in [0.4, 0.5) is 0 Å². The molecule has 0 fully saturated rings. The summed E-state index contributed by atoms with van der Waals surface area (Å²) in [6.07, 6.45) is 2.77. The number of halogens is 2. The fourth-order valence-corrected chi connectivity index (χ4v) is 6.54. The molecule has 2 N–H and O–H groups in total. The van der Waals surface area contributed by atoms with Crippen LogP contribution in [0, 0.1) is 0 Å². The summed E-state index contributed by atoms with van der Waals surface area (Å²) in [7, 11) is -3.52. The van der Waals surface area contributed by atoms with E-state index in [2.05, 4.69) is 5.32 Å². The molecule has 5 rings (SSSR count). The Labute approximate surface area is 251 Å². The summed E-state index contributed by atoms with van der Waals surface area (Å²) in [6, 6.07) is 14.5. The molecule has 0 aliphatic carbocycles. The number of furan rings is 1. The molecule has 1 aliphatic rings. The van der Waals surface area contributed by atoms with E-state index in [0.29, 0.717) is 40.8 Å². The minimum atomic E-state index is -3.52. The van der Waals surface area contributed by atoms with Crippen LogP contribution in [0.15, 0.2) is 70.2 Å². The van der Waals surface area contributed by atoms with Gasteiger partial charge in [0, 0.05) is 36.7 Å². The lowest BCUT2D eigenvalue weighted by atomic mass is 9.91. The first-order chi connectivity index (χ1) is 19.8. The first kappa shape index (κ1) is 29.6. The molecule has 0 saturated heterocycles. The summed E-state index contributed by atoms with van der Waals surface area (Å²) in [4.78, 5) is 40.7. The number of fused-ring (bicyclic) bond motifs is 2. The maximum absolute atomic E-state index is 13.4. The monoisotopic (exact) mass is 628 g/mol. The normalized spacial score (nSPS) is 14.7. The molecule has 2 amide bonds. The Bertz CT molecular complexity index is 1870. The molecular weight excluding hydrogens is 603 g/mol. The zero-order chi connectivity index (χ0) is 30.4. The summed E-state index contributed by atoms with van der Waals surface area (Å²) in [5.74, 6) is -2.31. The third-order valence-electron chi connectivity index (χ3n) is 7.37. The maximum Gasteiger partial charge on any atom is 0.329 e. The number of nitrogens with zero attached hydrogens (tertiary/aromatic N) is 1. The van der Waals surface area contributed by atoms with E-state index in [1.165, 1.54) is 25.1 Å². The minimum absolute atomic E-state index is 0.00867. The average Bonchev–Trinajstić information content (AvgIpc) is 3.40. The number of sulfone groups is 1. The summed E-state index contributed by atoms with van der Waals surface area (Å²) in [6.45, 7) is 1.88. The van der Waals surface area contributed by atoms with Crippen LogP contribution in [-0.2, 0) is 34.0 Å². The number of rotatable bonds is 7. The van der Waals surface area contributed by atoms with Gasteiger partial charge in [-0.2, -0.15) is 0 Å². The van der Waals surface area contributed by atoms with Gasteiger partial charge in [-0.1, -0.05) is 41.4 Å². The summed E-state index contributed by atoms with van der Waals surface area (Å²) < 4.78 is 29.3. The Morgan fingerprint density at radius 3 is 2.57 bits per heavy atom. The van der Waals surface area contributed by atoms with E-state index in [0.717, 1.165) is 11.6 Å². The fourth-order valence-electron chi connectivity index (χ4n) is 5.08. The summed E-state index contributed by atoms with van der Waals surface area (Å²) in [5.41, 5.74) is 0.932. The number of carbonyl (C=O) groups excluding carboxylic acids is 2. The zero-order valence-corrected chi connectivity index (χ0v) is 24.9. The standard InChI is InChI=1S/C30H26Cl2N2O7S/c1-30(29(37)38,15-17-4-3-5-21(12-17)42(2,39)40)33-27(35)25-23(31)13-20-16-34(10-8-22(20)26(25)32)28(36)19-7-6-18-9-11-41-24(18)14-19/h3-7,9,11-14H,8,10,15-16H2,1-2H3,(H,33,35)(H,37,38). The number of carboxylic acid groups (broad SMARTS) is 1. The number of nitrogens with one attached hydrogen (secondary N) is 1. The summed E-state index contributed by atoms with van der Waals surface area (Å²) >= 11 is 13.2. The van der Waals surface area contributed by atoms with Gasteiger partial charge in [0.25, 0.3) is 11.8 Å². The Kier molecular flexibility index (Phi) is 7.82. The van der Waals surface area contributed by atoms with Crippen LogP contribution in [0.25, 0.3) is 11.0 Å². The molecule has 0 bridgehead atoms. The van der Waals surface area contributed by atoms with Gasteiger partial charge in [-0.15, -0.1) is 0 Å². The van der Waals surface area contributed by atoms with Crippen molar-refractivity contribution in [2.75, 3.05) is 12.8 Å². The van der Waals surface area contributed by atoms with Crippen molar-refractivity contribution in [3.8, 4) is 0 Å². The van der Waals surface area contributed by atoms with Crippen molar-refractivity contribution in [2.45, 2.75) is 36.7 Å². The van der Waals surface area contributed by atoms with Gasteiger partial charge in [0.15, 0.2) is 9.84 Å². The maximum atomic E-state index is 13.4. The fraction of sp³-hybridized carbons (Fsp3) is 0.233. The van der Waals surface area contributed by atoms with Gasteiger partial charge < -0.3 is 19.7 Å². The molecule has 1 aromatic heterocycles. The molecule has 1 aliphatic heterocycles. The predicted molar refractivity (Wildman–Crippen MR) is 158 cm³/mol. The van der Waals surface area contributed by atoms with Crippen molar-refractivity contribution in [1.29, 1.82) is 0 Å². The van der Waals surface area contributed by atoms with Crippen molar-refractivity contribution in [2.24, 2.45) is 0 Å². The first-order valence-electron chi connectivity index (χ1n) is 12.9. The first-order valence-corrected chi connectivity index (χ1v) is 15.5. The molecule has 1 unspecified atom stereocenters. The lowest BCUT2D eigenvalue weighted by Gasteiger charge is -2.31. The molecule has 218 valence electrons. The number of aliphatic carboxylic acids is 1. The van der Waals surface area contributed by atoms with Crippen LogP contribution in [0.3, 0.4) is 0 Å². The number of benzene rings is 3. The predicted octanol–water partition coefficient (Wildman–Crippen LogP) is 5.16. The van der Waals surface area contributed by atoms with Crippen molar-refractivity contribution < 1.29 is 32.3 Å². The molecule has 3 aromatic carbocycles. The highest BCUT2D eigenvalue weighted by molar-refractivity contribution is 7.90. The lowest BCUT2D eigenvalue weighted by molar-refractivity contribution is -0.143. The van der Waals surface area contributed by atoms with E-state index in [1.807, 2.05) is 12.1 Å². The van der Waals surface area contributed by atoms with Gasteiger partial charge in [0.2, 0.25) is 0 Å². The van der Waals surface area contributed by atoms with E-state index >= 15 is 0 Å². The average molecular weight is 630 g/mol. The number of hydrogen-bond acceptors (Lipinski definition) is 6. The van der Waals surface area contributed by atoms with E-state index in [9.17, 15) is 27.9 Å². The van der Waals surface area contributed by atoms with Gasteiger partial charge >= 0.3 is 5.97 Å². The lowest BCUT2D eigenvalue weighted by Crippen LogP contribution is -2.54. The molecule has 2 heterocycles. The van der Waals surface area contributed by atoms with Gasteiger partial charge in [-0.05, 0) is 66.4 Å². The van der Waals surface area contributed by atoms with Crippen molar-refractivity contribution >= 4 is 61.8 Å². The number of hydrogen-bond donors (Lipinski definition) is 2. The molecule has 4 aromatic rings. The highest BCUT2D eigenvalue weighted by Gasteiger charge is 2.37. The SMILES string of the molecule is CC(Cc1cccc(S(C)(=O)=O)c1)(NC(=O)c1c(Cl)cc2c(c1Cl)CCN(C(=O)c1ccc3ccoc3c1)C2)C(=O)O. The van der Waals surface area contributed by atoms with Gasteiger partial charge in [0.05, 0.1) is 26.8 Å². The molecule has 1 atom stereocenters. The second-order valence-electron chi connectivity index (χ2n) is 10.5. The van der Waals surface area contributed by atoms with Crippen LogP contribution in [0.5, 0.6) is 0 Å². The van der Waals surface area contributed by atoms with Crippen molar-refractivity contribution in [3.63, 3.8) is 0 Å². The van der Waals surface area contributed by atoms with Gasteiger partial charge in [-0.25, -0.2) is 13.2 Å². The second-order valence-corrected chi connectivity index (χ2v) is 13.3. The van der Waals surface area contributed by atoms with Crippen LogP contribution >= 0.6 is 23.2 Å². The topological polar surface area (TPSA) is 134 Å². The molecule has 12 heteroatoms. The number of carbonyl (C=O) groups is 3. The molecule has 42 heavy (non-hydrogen) atoms. The van der Waals surface area contributed by atoms with Crippen LogP contribution in [0.2, 0.25) is 10.0 Å². The Balaban J connectivity index is 1.38. The Morgan fingerprint density at radius 2 is 1.86 bits per heavy atom. The molecule has 0 radical (unpaired) electrons. The summed E-state index contributed by atoms with van der Waals surface area (Å²) in [5, 5.41) is 13.6. The van der Waals surface area contributed by atoms with Crippen LogP contribution < -0.4 is 5.32 Å². The second kappa shape index (κ2) is 11.1. The molecule has 9 nitrogen and oxygen atoms in total. The largest absolute Gasteiger partial charge is 0.480 e. The van der Waals surface area contributed by atoms with E-state index in [1.54, 1.807) is 35.4 Å². The van der Waals surface area contributed by atoms with E-state index < -0.39 is 27.3 Å². The van der Waals surface area contributed by atoms with Crippen molar-refractivity contribution in [3.05, 3.63) is 98.7 Å². The molecule has 0 spiro atoms. The number of carboxylic acids is 1. The highest BCUT2D eigenvalue weighted by atomic mass is 35.5. The van der Waals surface area contributed by atoms with E-state index in [-0.39, 0.29) is 39.4 Å². The van der Waals surface area contributed by atoms with Gasteiger partial charge in [0.1, 0.15) is 11.1 Å². The third-order valence-corrected chi connectivity index (χ3v) is 9.19. The van der Waals surface area contributed by atoms with Crippen molar-refractivity contribution in [1.82, 2.24) is 10.2 Å². The smallest absolute Gasteiger partial charge is 0.329 e. The Hall–Kier alpha value is -3.86. The van der Waals surface area contributed by atoms with Gasteiger partial charge in [-0.3, -0.25) is 9.59 Å². The minimum Gasteiger partial charge on any atom is -0.480 e. The third kappa shape index (κ3) is 5.74. The molecular formula is C30H26Cl2N2O7S.